The van der Waals surface area contributed by atoms with Crippen molar-refractivity contribution in [3.63, 3.8) is 0 Å². The number of halogens is 6. The summed E-state index contributed by atoms with van der Waals surface area (Å²) in [5.74, 6) is -1.76. The minimum absolute atomic E-state index is 0.257. The van der Waals surface area contributed by atoms with Crippen LogP contribution in [-0.4, -0.2) is 12.4 Å². The highest BCUT2D eigenvalue weighted by atomic mass is 127. The summed E-state index contributed by atoms with van der Waals surface area (Å²) in [6.45, 7) is -2.44. The van der Waals surface area contributed by atoms with Crippen molar-refractivity contribution in [1.82, 2.24) is 0 Å². The Bertz CT molecular complexity index is 470. The summed E-state index contributed by atoms with van der Waals surface area (Å²) in [6, 6.07) is 1.88. The molecule has 1 aromatic carbocycles. The molecule has 100 valence electrons. The maximum absolute atomic E-state index is 12.8. The number of hydrogen-bond donors (Lipinski definition) is 0. The van der Waals surface area contributed by atoms with Crippen LogP contribution in [0.1, 0.15) is 22.8 Å². The summed E-state index contributed by atoms with van der Waals surface area (Å²) in [4.78, 5) is 11.2. The van der Waals surface area contributed by atoms with E-state index in [0.717, 1.165) is 19.1 Å². The van der Waals surface area contributed by atoms with Crippen molar-refractivity contribution < 1.29 is 31.5 Å². The summed E-state index contributed by atoms with van der Waals surface area (Å²) >= 11 is 1.38. The molecule has 0 bridgehead atoms. The SMILES string of the molecule is CC(=O)c1c(OC(F)F)ccc(I)c1C(F)(F)F. The second kappa shape index (κ2) is 5.37. The molecule has 0 saturated heterocycles. The molecule has 0 N–H and O–H groups in total. The van der Waals surface area contributed by atoms with Crippen LogP contribution in [0.4, 0.5) is 22.0 Å². The van der Waals surface area contributed by atoms with Crippen molar-refractivity contribution in [2.45, 2.75) is 19.7 Å². The third-order valence-electron chi connectivity index (χ3n) is 1.97. The zero-order valence-electron chi connectivity index (χ0n) is 8.82. The monoisotopic (exact) mass is 380 g/mol. The van der Waals surface area contributed by atoms with Gasteiger partial charge in [0.05, 0.1) is 11.1 Å². The Kier molecular flexibility index (Phi) is 4.51. The van der Waals surface area contributed by atoms with E-state index in [0.29, 0.717) is 0 Å². The van der Waals surface area contributed by atoms with E-state index in [9.17, 15) is 26.7 Å². The maximum atomic E-state index is 12.8. The van der Waals surface area contributed by atoms with Gasteiger partial charge in [0.15, 0.2) is 5.78 Å². The fourth-order valence-corrected chi connectivity index (χ4v) is 2.13. The van der Waals surface area contributed by atoms with E-state index >= 15 is 0 Å². The minimum Gasteiger partial charge on any atom is -0.434 e. The number of rotatable bonds is 3. The molecule has 0 aliphatic heterocycles. The van der Waals surface area contributed by atoms with Gasteiger partial charge in [-0.1, -0.05) is 0 Å². The molecular weight excluding hydrogens is 374 g/mol. The molecule has 0 heterocycles. The fourth-order valence-electron chi connectivity index (χ4n) is 1.38. The quantitative estimate of drug-likeness (QED) is 0.448. The molecular formula is C10H6F5IO2. The highest BCUT2D eigenvalue weighted by Crippen LogP contribution is 2.39. The van der Waals surface area contributed by atoms with Gasteiger partial charge in [-0.2, -0.15) is 22.0 Å². The van der Waals surface area contributed by atoms with Crippen LogP contribution in [0.5, 0.6) is 5.75 Å². The van der Waals surface area contributed by atoms with Crippen molar-refractivity contribution in [2.75, 3.05) is 0 Å². The van der Waals surface area contributed by atoms with Gasteiger partial charge in [-0.25, -0.2) is 0 Å². The molecule has 0 unspecified atom stereocenters. The standard InChI is InChI=1S/C10H6F5IO2/c1-4(17)7-6(18-9(11)12)3-2-5(16)8(7)10(13,14)15/h2-3,9H,1H3. The predicted octanol–water partition coefficient (Wildman–Crippen LogP) is 4.11. The lowest BCUT2D eigenvalue weighted by molar-refractivity contribution is -0.139. The van der Waals surface area contributed by atoms with Crippen LogP contribution in [0, 0.1) is 3.57 Å². The Morgan fingerprint density at radius 3 is 2.28 bits per heavy atom. The Balaban J connectivity index is 3.53. The van der Waals surface area contributed by atoms with Gasteiger partial charge in [-0.05, 0) is 41.6 Å². The number of ketones is 1. The van der Waals surface area contributed by atoms with Gasteiger partial charge >= 0.3 is 12.8 Å². The van der Waals surface area contributed by atoms with Crippen LogP contribution >= 0.6 is 22.6 Å². The van der Waals surface area contributed by atoms with Gasteiger partial charge < -0.3 is 4.74 Å². The summed E-state index contributed by atoms with van der Waals surface area (Å²) in [6.07, 6.45) is -4.82. The van der Waals surface area contributed by atoms with Crippen molar-refractivity contribution in [3.05, 3.63) is 26.8 Å². The molecule has 0 atom stereocenters. The number of Topliss-reactive ketones (excluding diaryl/α,β-unsaturated/α-hetero) is 1. The van der Waals surface area contributed by atoms with Gasteiger partial charge in [0.2, 0.25) is 0 Å². The largest absolute Gasteiger partial charge is 0.434 e. The van der Waals surface area contributed by atoms with E-state index in [-0.39, 0.29) is 3.57 Å². The first-order chi connectivity index (χ1) is 8.14. The lowest BCUT2D eigenvalue weighted by Gasteiger charge is -2.16. The molecule has 0 fully saturated rings. The third-order valence-corrected chi connectivity index (χ3v) is 2.87. The topological polar surface area (TPSA) is 26.3 Å². The summed E-state index contributed by atoms with van der Waals surface area (Å²) in [5, 5.41) is 0. The van der Waals surface area contributed by atoms with Gasteiger partial charge in [-0.15, -0.1) is 0 Å². The average Bonchev–Trinajstić information content (AvgIpc) is 2.17. The van der Waals surface area contributed by atoms with E-state index in [1.807, 2.05) is 0 Å². The first-order valence-corrected chi connectivity index (χ1v) is 5.58. The van der Waals surface area contributed by atoms with Crippen LogP contribution in [0.2, 0.25) is 0 Å². The highest BCUT2D eigenvalue weighted by molar-refractivity contribution is 14.1. The fraction of sp³-hybridized carbons (Fsp3) is 0.300. The molecule has 0 aromatic heterocycles. The van der Waals surface area contributed by atoms with Crippen LogP contribution in [0.25, 0.3) is 0 Å². The summed E-state index contributed by atoms with van der Waals surface area (Å²) in [5.41, 5.74) is -2.14. The van der Waals surface area contributed by atoms with E-state index in [1.165, 1.54) is 22.6 Å². The predicted molar refractivity (Wildman–Crippen MR) is 60.8 cm³/mol. The van der Waals surface area contributed by atoms with E-state index in [4.69, 9.17) is 0 Å². The number of carbonyl (C=O) groups excluding carboxylic acids is 1. The van der Waals surface area contributed by atoms with Crippen molar-refractivity contribution in [1.29, 1.82) is 0 Å². The molecule has 2 nitrogen and oxygen atoms in total. The molecule has 0 spiro atoms. The third kappa shape index (κ3) is 3.30. The maximum Gasteiger partial charge on any atom is 0.418 e. The second-order valence-corrected chi connectivity index (χ2v) is 4.39. The molecule has 8 heteroatoms. The molecule has 1 rings (SSSR count). The number of hydrogen-bond acceptors (Lipinski definition) is 2. The van der Waals surface area contributed by atoms with Crippen LogP contribution in [0.3, 0.4) is 0 Å². The first-order valence-electron chi connectivity index (χ1n) is 4.50. The number of ether oxygens (including phenoxy) is 1. The average molecular weight is 380 g/mol. The zero-order valence-corrected chi connectivity index (χ0v) is 11.0. The van der Waals surface area contributed by atoms with Gasteiger partial charge in [-0.3, -0.25) is 4.79 Å². The Labute approximate surface area is 112 Å². The van der Waals surface area contributed by atoms with E-state index < -0.39 is 35.4 Å². The van der Waals surface area contributed by atoms with Crippen LogP contribution < -0.4 is 4.74 Å². The summed E-state index contributed by atoms with van der Waals surface area (Å²) < 4.78 is 66.2. The van der Waals surface area contributed by atoms with Gasteiger partial charge in [0.25, 0.3) is 0 Å². The normalized spacial score (nSPS) is 11.8. The number of carbonyl (C=O) groups is 1. The van der Waals surface area contributed by atoms with Crippen molar-refractivity contribution in [3.8, 4) is 5.75 Å². The highest BCUT2D eigenvalue weighted by Gasteiger charge is 2.38. The lowest BCUT2D eigenvalue weighted by Crippen LogP contribution is -2.16. The summed E-state index contributed by atoms with van der Waals surface area (Å²) in [7, 11) is 0. The number of benzene rings is 1. The van der Waals surface area contributed by atoms with E-state index in [2.05, 4.69) is 4.74 Å². The van der Waals surface area contributed by atoms with Gasteiger partial charge in [0.1, 0.15) is 5.75 Å². The Morgan fingerprint density at radius 2 is 1.89 bits per heavy atom. The second-order valence-electron chi connectivity index (χ2n) is 3.23. The van der Waals surface area contributed by atoms with Crippen molar-refractivity contribution in [2.24, 2.45) is 0 Å². The molecule has 0 aliphatic carbocycles. The molecule has 18 heavy (non-hydrogen) atoms. The van der Waals surface area contributed by atoms with Gasteiger partial charge in [0, 0.05) is 3.57 Å². The van der Waals surface area contributed by atoms with E-state index in [1.54, 1.807) is 0 Å². The lowest BCUT2D eigenvalue weighted by atomic mass is 10.0. The smallest absolute Gasteiger partial charge is 0.418 e. The van der Waals surface area contributed by atoms with Crippen LogP contribution in [0.15, 0.2) is 12.1 Å². The van der Waals surface area contributed by atoms with Crippen molar-refractivity contribution >= 4 is 28.4 Å². The van der Waals surface area contributed by atoms with Crippen LogP contribution in [-0.2, 0) is 6.18 Å². The Hall–Kier alpha value is -0.930. The zero-order chi connectivity index (χ0) is 14.1. The molecule has 0 aliphatic rings. The Morgan fingerprint density at radius 1 is 1.33 bits per heavy atom. The molecule has 1 aromatic rings. The molecule has 0 radical (unpaired) electrons. The number of alkyl halides is 5. The molecule has 0 saturated carbocycles. The minimum atomic E-state index is -4.82. The molecule has 0 amide bonds. The first kappa shape index (κ1) is 15.1.